The van der Waals surface area contributed by atoms with E-state index in [1.807, 2.05) is 17.5 Å². The van der Waals surface area contributed by atoms with Crippen LogP contribution in [0.25, 0.3) is 11.0 Å². The number of pyridine rings is 1. The van der Waals surface area contributed by atoms with Crippen molar-refractivity contribution in [1.29, 1.82) is 0 Å². The van der Waals surface area contributed by atoms with Crippen LogP contribution < -0.4 is 5.32 Å². The summed E-state index contributed by atoms with van der Waals surface area (Å²) in [4.78, 5) is 5.07. The van der Waals surface area contributed by atoms with Gasteiger partial charge in [0.05, 0.1) is 17.5 Å². The van der Waals surface area contributed by atoms with Crippen LogP contribution in [0.15, 0.2) is 23.6 Å². The minimum atomic E-state index is -4.45. The van der Waals surface area contributed by atoms with Crippen LogP contribution in [0, 0.1) is 6.92 Å². The van der Waals surface area contributed by atoms with Crippen molar-refractivity contribution in [3.05, 3.63) is 39.7 Å². The Morgan fingerprint density at radius 1 is 1.38 bits per heavy atom. The highest BCUT2D eigenvalue weighted by Crippen LogP contribution is 2.37. The topological polar surface area (TPSA) is 53.6 Å². The van der Waals surface area contributed by atoms with Crippen LogP contribution in [0.4, 0.5) is 19.0 Å². The van der Waals surface area contributed by atoms with Crippen molar-refractivity contribution in [3.8, 4) is 0 Å². The van der Waals surface area contributed by atoms with Gasteiger partial charge in [0.15, 0.2) is 11.5 Å². The molecule has 0 saturated carbocycles. The van der Waals surface area contributed by atoms with E-state index in [0.29, 0.717) is 12.2 Å². The quantitative estimate of drug-likeness (QED) is 0.769. The molecular weight excluding hydrogens is 301 g/mol. The number of aromatic nitrogens is 3. The molecule has 8 heteroatoms. The van der Waals surface area contributed by atoms with Gasteiger partial charge in [0, 0.05) is 10.6 Å². The van der Waals surface area contributed by atoms with Gasteiger partial charge >= 0.3 is 6.18 Å². The SMILES string of the molecule is Cc1cc(C(F)(F)F)c2c(NCc3cccs3)n[nH]c2n1. The first kappa shape index (κ1) is 13.9. The molecule has 0 aromatic carbocycles. The Labute approximate surface area is 122 Å². The molecule has 3 aromatic rings. The first-order chi connectivity index (χ1) is 9.95. The van der Waals surface area contributed by atoms with Crippen LogP contribution in [0.5, 0.6) is 0 Å². The summed E-state index contributed by atoms with van der Waals surface area (Å²) in [6.45, 7) is 1.94. The molecule has 3 aromatic heterocycles. The Kier molecular flexibility index (Phi) is 3.32. The number of hydrogen-bond acceptors (Lipinski definition) is 4. The predicted molar refractivity (Wildman–Crippen MR) is 75.3 cm³/mol. The summed E-state index contributed by atoms with van der Waals surface area (Å²) in [5, 5.41) is 11.3. The molecular formula is C13H11F3N4S. The molecule has 0 saturated heterocycles. The molecule has 3 rings (SSSR count). The fourth-order valence-electron chi connectivity index (χ4n) is 2.09. The van der Waals surface area contributed by atoms with Crippen LogP contribution >= 0.6 is 11.3 Å². The van der Waals surface area contributed by atoms with Gasteiger partial charge in [0.1, 0.15) is 0 Å². The van der Waals surface area contributed by atoms with Crippen molar-refractivity contribution in [2.75, 3.05) is 5.32 Å². The number of aromatic amines is 1. The third-order valence-corrected chi connectivity index (χ3v) is 3.85. The predicted octanol–water partition coefficient (Wildman–Crippen LogP) is 3.96. The third kappa shape index (κ3) is 2.71. The van der Waals surface area contributed by atoms with Gasteiger partial charge in [-0.15, -0.1) is 11.3 Å². The number of nitrogens with zero attached hydrogens (tertiary/aromatic N) is 2. The zero-order chi connectivity index (χ0) is 15.0. The fourth-order valence-corrected chi connectivity index (χ4v) is 2.74. The summed E-state index contributed by atoms with van der Waals surface area (Å²) in [7, 11) is 0. The van der Waals surface area contributed by atoms with Gasteiger partial charge in [0.2, 0.25) is 0 Å². The van der Waals surface area contributed by atoms with Gasteiger partial charge in [-0.1, -0.05) is 6.07 Å². The Morgan fingerprint density at radius 3 is 2.86 bits per heavy atom. The van der Waals surface area contributed by atoms with Gasteiger partial charge in [-0.3, -0.25) is 5.10 Å². The van der Waals surface area contributed by atoms with Crippen LogP contribution in [-0.4, -0.2) is 15.2 Å². The molecule has 110 valence electrons. The van der Waals surface area contributed by atoms with Crippen molar-refractivity contribution in [3.63, 3.8) is 0 Å². The summed E-state index contributed by atoms with van der Waals surface area (Å²) in [6, 6.07) is 4.82. The van der Waals surface area contributed by atoms with E-state index in [0.717, 1.165) is 10.9 Å². The first-order valence-corrected chi connectivity index (χ1v) is 7.02. The lowest BCUT2D eigenvalue weighted by molar-refractivity contribution is -0.136. The number of rotatable bonds is 3. The number of anilines is 1. The lowest BCUT2D eigenvalue weighted by Gasteiger charge is -2.10. The maximum absolute atomic E-state index is 13.2. The molecule has 3 heterocycles. The molecule has 0 aliphatic rings. The fraction of sp³-hybridized carbons (Fsp3) is 0.231. The molecule has 0 bridgehead atoms. The zero-order valence-corrected chi connectivity index (χ0v) is 11.8. The number of halogens is 3. The minimum absolute atomic E-state index is 0.0235. The summed E-state index contributed by atoms with van der Waals surface area (Å²) in [5.74, 6) is 0.165. The molecule has 21 heavy (non-hydrogen) atoms. The Bertz CT molecular complexity index is 762. The Hall–Kier alpha value is -2.09. The van der Waals surface area contributed by atoms with E-state index < -0.39 is 11.7 Å². The van der Waals surface area contributed by atoms with Crippen LogP contribution in [0.1, 0.15) is 16.1 Å². The van der Waals surface area contributed by atoms with E-state index >= 15 is 0 Å². The van der Waals surface area contributed by atoms with Crippen LogP contribution in [0.2, 0.25) is 0 Å². The number of alkyl halides is 3. The number of nitrogens with one attached hydrogen (secondary N) is 2. The van der Waals surface area contributed by atoms with E-state index in [-0.39, 0.29) is 16.9 Å². The van der Waals surface area contributed by atoms with E-state index in [2.05, 4.69) is 20.5 Å². The van der Waals surface area contributed by atoms with Crippen molar-refractivity contribution in [2.24, 2.45) is 0 Å². The van der Waals surface area contributed by atoms with Crippen LogP contribution in [-0.2, 0) is 12.7 Å². The van der Waals surface area contributed by atoms with Gasteiger partial charge in [-0.05, 0) is 24.4 Å². The zero-order valence-electron chi connectivity index (χ0n) is 11.0. The van der Waals surface area contributed by atoms with Crippen molar-refractivity contribution in [1.82, 2.24) is 15.2 Å². The van der Waals surface area contributed by atoms with Crippen molar-refractivity contribution in [2.45, 2.75) is 19.6 Å². The summed E-state index contributed by atoms with van der Waals surface area (Å²) in [6.07, 6.45) is -4.45. The van der Waals surface area contributed by atoms with Crippen molar-refractivity contribution < 1.29 is 13.2 Å². The normalized spacial score (nSPS) is 12.0. The lowest BCUT2D eigenvalue weighted by atomic mass is 10.1. The van der Waals surface area contributed by atoms with Gasteiger partial charge < -0.3 is 5.32 Å². The average molecular weight is 312 g/mol. The second-order valence-corrected chi connectivity index (χ2v) is 5.57. The summed E-state index contributed by atoms with van der Waals surface area (Å²) >= 11 is 1.52. The summed E-state index contributed by atoms with van der Waals surface area (Å²) < 4.78 is 39.5. The summed E-state index contributed by atoms with van der Waals surface area (Å²) in [5.41, 5.74) is -0.299. The maximum Gasteiger partial charge on any atom is 0.417 e. The molecule has 4 nitrogen and oxygen atoms in total. The number of fused-ring (bicyclic) bond motifs is 1. The average Bonchev–Trinajstić information content (AvgIpc) is 3.02. The highest BCUT2D eigenvalue weighted by molar-refractivity contribution is 7.09. The second-order valence-electron chi connectivity index (χ2n) is 4.54. The van der Waals surface area contributed by atoms with Gasteiger partial charge in [-0.2, -0.15) is 18.3 Å². The minimum Gasteiger partial charge on any atom is -0.363 e. The van der Waals surface area contributed by atoms with Gasteiger partial charge in [-0.25, -0.2) is 4.98 Å². The molecule has 0 radical (unpaired) electrons. The molecule has 0 fully saturated rings. The highest BCUT2D eigenvalue weighted by atomic mass is 32.1. The Morgan fingerprint density at radius 2 is 2.19 bits per heavy atom. The molecule has 0 unspecified atom stereocenters. The van der Waals surface area contributed by atoms with Crippen LogP contribution in [0.3, 0.4) is 0 Å². The monoisotopic (exact) mass is 312 g/mol. The molecule has 0 aliphatic heterocycles. The van der Waals surface area contributed by atoms with Crippen molar-refractivity contribution >= 4 is 28.2 Å². The number of thiophene rings is 1. The molecule has 0 spiro atoms. The standard InChI is InChI=1S/C13H11F3N4S/c1-7-5-9(13(14,15)16)10-11(19-20-12(10)18-7)17-6-8-3-2-4-21-8/h2-5H,6H2,1H3,(H2,17,18,19,20). The molecule has 2 N–H and O–H groups in total. The maximum atomic E-state index is 13.2. The second kappa shape index (κ2) is 5.03. The van der Waals surface area contributed by atoms with E-state index in [9.17, 15) is 13.2 Å². The van der Waals surface area contributed by atoms with E-state index in [1.165, 1.54) is 18.3 Å². The molecule has 0 atom stereocenters. The largest absolute Gasteiger partial charge is 0.417 e. The van der Waals surface area contributed by atoms with E-state index in [1.54, 1.807) is 0 Å². The Balaban J connectivity index is 2.03. The number of aryl methyl sites for hydroxylation is 1. The number of hydrogen-bond donors (Lipinski definition) is 2. The third-order valence-electron chi connectivity index (χ3n) is 2.97. The van der Waals surface area contributed by atoms with Gasteiger partial charge in [0.25, 0.3) is 0 Å². The van der Waals surface area contributed by atoms with E-state index in [4.69, 9.17) is 0 Å². The first-order valence-electron chi connectivity index (χ1n) is 6.14. The smallest absolute Gasteiger partial charge is 0.363 e. The highest BCUT2D eigenvalue weighted by Gasteiger charge is 2.35. The number of H-pyrrole nitrogens is 1. The lowest BCUT2D eigenvalue weighted by Crippen LogP contribution is -2.08. The molecule has 0 amide bonds. The molecule has 0 aliphatic carbocycles.